The van der Waals surface area contributed by atoms with Crippen molar-refractivity contribution in [2.75, 3.05) is 16.9 Å². The molecule has 20 heavy (non-hydrogen) atoms. The Bertz CT molecular complexity index is 517. The molecule has 2 rings (SSSR count). The van der Waals surface area contributed by atoms with E-state index in [1.165, 1.54) is 12.1 Å². The minimum Gasteiger partial charge on any atom is -0.359 e. The van der Waals surface area contributed by atoms with E-state index < -0.39 is 17.6 Å². The quantitative estimate of drug-likeness (QED) is 0.494. The Balaban J connectivity index is 2.36. The Hall–Kier alpha value is -2.03. The molecule has 1 fully saturated rings. The van der Waals surface area contributed by atoms with Gasteiger partial charge in [0.15, 0.2) is 0 Å². The molecule has 1 aromatic carbocycles. The van der Waals surface area contributed by atoms with Gasteiger partial charge in [0.25, 0.3) is 5.69 Å². The van der Waals surface area contributed by atoms with Crippen molar-refractivity contribution in [2.24, 2.45) is 5.84 Å². The average molecular weight is 290 g/mol. The average Bonchev–Trinajstić information content (AvgIpc) is 3.18. The molecular formula is C11H13F3N4O2. The van der Waals surface area contributed by atoms with Crippen LogP contribution in [-0.2, 0) is 0 Å². The van der Waals surface area contributed by atoms with Crippen LogP contribution in [0.3, 0.4) is 0 Å². The maximum Gasteiger partial charge on any atom is 0.405 e. The minimum atomic E-state index is -4.37. The van der Waals surface area contributed by atoms with Gasteiger partial charge in [0.2, 0.25) is 0 Å². The first-order valence-corrected chi connectivity index (χ1v) is 5.89. The van der Waals surface area contributed by atoms with E-state index in [0.717, 1.165) is 11.0 Å². The van der Waals surface area contributed by atoms with Crippen molar-refractivity contribution in [3.05, 3.63) is 28.3 Å². The maximum atomic E-state index is 12.6. The Kier molecular flexibility index (Phi) is 3.71. The highest BCUT2D eigenvalue weighted by Gasteiger charge is 2.38. The third-order valence-corrected chi connectivity index (χ3v) is 2.95. The predicted octanol–water partition coefficient (Wildman–Crippen LogP) is 2.41. The van der Waals surface area contributed by atoms with Crippen LogP contribution >= 0.6 is 0 Å². The molecule has 6 nitrogen and oxygen atoms in total. The number of nitro groups is 1. The molecule has 0 spiro atoms. The fourth-order valence-corrected chi connectivity index (χ4v) is 1.96. The lowest BCUT2D eigenvalue weighted by Gasteiger charge is -2.26. The van der Waals surface area contributed by atoms with Crippen molar-refractivity contribution in [3.8, 4) is 0 Å². The van der Waals surface area contributed by atoms with Crippen LogP contribution < -0.4 is 16.2 Å². The molecule has 0 unspecified atom stereocenters. The van der Waals surface area contributed by atoms with Gasteiger partial charge in [-0.25, -0.2) is 0 Å². The van der Waals surface area contributed by atoms with E-state index in [2.05, 4.69) is 5.43 Å². The van der Waals surface area contributed by atoms with Gasteiger partial charge < -0.3 is 10.3 Å². The molecule has 0 heterocycles. The normalized spacial score (nSPS) is 15.0. The number of nitrogens with one attached hydrogen (secondary N) is 1. The van der Waals surface area contributed by atoms with Gasteiger partial charge in [0, 0.05) is 23.9 Å². The summed E-state index contributed by atoms with van der Waals surface area (Å²) >= 11 is 0. The van der Waals surface area contributed by atoms with Crippen molar-refractivity contribution in [3.63, 3.8) is 0 Å². The summed E-state index contributed by atoms with van der Waals surface area (Å²) in [6.07, 6.45) is -3.09. The number of hydrogen-bond donors (Lipinski definition) is 2. The van der Waals surface area contributed by atoms with Crippen LogP contribution in [0.2, 0.25) is 0 Å². The van der Waals surface area contributed by atoms with E-state index in [1.54, 1.807) is 0 Å². The number of rotatable bonds is 5. The molecule has 0 saturated heterocycles. The first-order valence-electron chi connectivity index (χ1n) is 5.89. The van der Waals surface area contributed by atoms with Gasteiger partial charge in [0.1, 0.15) is 6.54 Å². The largest absolute Gasteiger partial charge is 0.405 e. The van der Waals surface area contributed by atoms with E-state index in [4.69, 9.17) is 5.84 Å². The number of hydrazine groups is 1. The van der Waals surface area contributed by atoms with Gasteiger partial charge in [-0.2, -0.15) is 13.2 Å². The molecule has 0 bridgehead atoms. The van der Waals surface area contributed by atoms with Crippen LogP contribution in [-0.4, -0.2) is 23.7 Å². The lowest BCUT2D eigenvalue weighted by Crippen LogP contribution is -2.36. The summed E-state index contributed by atoms with van der Waals surface area (Å²) < 4.78 is 37.8. The van der Waals surface area contributed by atoms with Crippen LogP contribution in [0.25, 0.3) is 0 Å². The molecule has 1 aliphatic carbocycles. The van der Waals surface area contributed by atoms with Crippen molar-refractivity contribution < 1.29 is 18.1 Å². The van der Waals surface area contributed by atoms with Gasteiger partial charge >= 0.3 is 6.18 Å². The van der Waals surface area contributed by atoms with Gasteiger partial charge in [-0.1, -0.05) is 0 Å². The molecule has 0 aromatic heterocycles. The van der Waals surface area contributed by atoms with Gasteiger partial charge in [-0.05, 0) is 18.9 Å². The zero-order valence-electron chi connectivity index (χ0n) is 10.4. The third-order valence-electron chi connectivity index (χ3n) is 2.95. The van der Waals surface area contributed by atoms with Crippen molar-refractivity contribution >= 4 is 17.1 Å². The molecule has 0 amide bonds. The van der Waals surface area contributed by atoms with Gasteiger partial charge in [0.05, 0.1) is 10.6 Å². The van der Waals surface area contributed by atoms with Gasteiger partial charge in [-0.15, -0.1) is 0 Å². The summed E-state index contributed by atoms with van der Waals surface area (Å²) in [6.45, 7) is -1.14. The van der Waals surface area contributed by atoms with Crippen molar-refractivity contribution in [1.82, 2.24) is 0 Å². The number of alkyl halides is 3. The number of hydrogen-bond acceptors (Lipinski definition) is 5. The summed E-state index contributed by atoms with van der Waals surface area (Å²) in [5, 5.41) is 10.8. The van der Waals surface area contributed by atoms with Crippen LogP contribution in [0.1, 0.15) is 12.8 Å². The fourth-order valence-electron chi connectivity index (χ4n) is 1.96. The van der Waals surface area contributed by atoms with Crippen LogP contribution in [0.15, 0.2) is 18.2 Å². The Labute approximate surface area is 112 Å². The number of non-ortho nitro benzene ring substituents is 1. The zero-order valence-corrected chi connectivity index (χ0v) is 10.4. The molecule has 0 aliphatic heterocycles. The molecule has 1 aromatic rings. The molecular weight excluding hydrogens is 277 g/mol. The Morgan fingerprint density at radius 2 is 2.05 bits per heavy atom. The summed E-state index contributed by atoms with van der Waals surface area (Å²) in [6, 6.07) is 3.44. The number of nitrogen functional groups attached to an aromatic ring is 1. The number of nitrogens with zero attached hydrogens (tertiary/aromatic N) is 2. The second-order valence-corrected chi connectivity index (χ2v) is 4.61. The smallest absolute Gasteiger partial charge is 0.359 e. The van der Waals surface area contributed by atoms with Crippen LogP contribution in [0.5, 0.6) is 0 Å². The second-order valence-electron chi connectivity index (χ2n) is 4.61. The second kappa shape index (κ2) is 5.16. The van der Waals surface area contributed by atoms with E-state index in [1.807, 2.05) is 0 Å². The Morgan fingerprint density at radius 1 is 1.40 bits per heavy atom. The van der Waals surface area contributed by atoms with E-state index in [9.17, 15) is 23.3 Å². The number of halogens is 3. The van der Waals surface area contributed by atoms with Gasteiger partial charge in [-0.3, -0.25) is 16.0 Å². The Morgan fingerprint density at radius 3 is 2.50 bits per heavy atom. The molecule has 3 N–H and O–H groups in total. The summed E-state index contributed by atoms with van der Waals surface area (Å²) in [5.74, 6) is 5.19. The monoisotopic (exact) mass is 290 g/mol. The first kappa shape index (κ1) is 14.4. The zero-order chi connectivity index (χ0) is 14.9. The lowest BCUT2D eigenvalue weighted by atomic mass is 10.2. The summed E-state index contributed by atoms with van der Waals surface area (Å²) in [7, 11) is 0. The summed E-state index contributed by atoms with van der Waals surface area (Å²) in [4.78, 5) is 11.3. The standard InChI is InChI=1S/C11H13F3N4O2/c12-11(13,14)6-17(8-1-2-8)9-3-7(16-15)4-10(5-9)18(19)20/h3-5,8,16H,1-2,6,15H2. The highest BCUT2D eigenvalue weighted by Crippen LogP contribution is 2.37. The fraction of sp³-hybridized carbons (Fsp3) is 0.455. The summed E-state index contributed by atoms with van der Waals surface area (Å²) in [5.41, 5.74) is 2.27. The maximum absolute atomic E-state index is 12.6. The highest BCUT2D eigenvalue weighted by atomic mass is 19.4. The molecule has 9 heteroatoms. The molecule has 0 radical (unpaired) electrons. The lowest BCUT2D eigenvalue weighted by molar-refractivity contribution is -0.384. The first-order chi connectivity index (χ1) is 9.30. The van der Waals surface area contributed by atoms with Crippen molar-refractivity contribution in [2.45, 2.75) is 25.1 Å². The molecule has 0 atom stereocenters. The number of nitro benzene ring substituents is 1. The van der Waals surface area contributed by atoms with E-state index >= 15 is 0 Å². The topological polar surface area (TPSA) is 84.4 Å². The third kappa shape index (κ3) is 3.50. The SMILES string of the molecule is NNc1cc(N(CC(F)(F)F)C2CC2)cc([N+](=O)[O-])c1. The number of nitrogens with two attached hydrogens (primary N) is 1. The van der Waals surface area contributed by atoms with Crippen LogP contribution in [0, 0.1) is 10.1 Å². The predicted molar refractivity (Wildman–Crippen MR) is 67.3 cm³/mol. The number of benzene rings is 1. The van der Waals surface area contributed by atoms with Crippen LogP contribution in [0.4, 0.5) is 30.2 Å². The molecule has 1 aliphatic rings. The highest BCUT2D eigenvalue weighted by molar-refractivity contribution is 5.65. The molecule has 110 valence electrons. The molecule has 1 saturated carbocycles. The van der Waals surface area contributed by atoms with E-state index in [-0.39, 0.29) is 23.1 Å². The number of anilines is 2. The van der Waals surface area contributed by atoms with E-state index in [0.29, 0.717) is 12.8 Å². The minimum absolute atomic E-state index is 0.145. The van der Waals surface area contributed by atoms with Crippen molar-refractivity contribution in [1.29, 1.82) is 0 Å².